The van der Waals surface area contributed by atoms with Gasteiger partial charge in [0.25, 0.3) is 0 Å². The highest BCUT2D eigenvalue weighted by atomic mass is 19.1. The molecular formula is C23H24FN7O. The minimum absolute atomic E-state index is 0.202. The minimum atomic E-state index is -0.262. The molecule has 1 aromatic carbocycles. The molecule has 6 rings (SSSR count). The first-order chi connectivity index (χ1) is 15.5. The third kappa shape index (κ3) is 2.99. The Labute approximate surface area is 184 Å². The Balaban J connectivity index is 1.53. The van der Waals surface area contributed by atoms with Gasteiger partial charge in [-0.3, -0.25) is 0 Å². The number of nitrogens with two attached hydrogens (primary N) is 1. The monoisotopic (exact) mass is 433 g/mol. The summed E-state index contributed by atoms with van der Waals surface area (Å²) in [6.07, 6.45) is 4.93. The number of ether oxygens (including phenoxy) is 1. The van der Waals surface area contributed by atoms with Gasteiger partial charge in [0.1, 0.15) is 23.1 Å². The Kier molecular flexibility index (Phi) is 4.29. The van der Waals surface area contributed by atoms with Gasteiger partial charge in [0.15, 0.2) is 5.75 Å². The van der Waals surface area contributed by atoms with E-state index in [0.29, 0.717) is 35.5 Å². The van der Waals surface area contributed by atoms with Crippen LogP contribution in [0.25, 0.3) is 21.9 Å². The van der Waals surface area contributed by atoms with Gasteiger partial charge in [-0.05, 0) is 49.3 Å². The molecule has 3 atom stereocenters. The number of rotatable bonds is 4. The van der Waals surface area contributed by atoms with Crippen LogP contribution in [0.3, 0.4) is 0 Å². The van der Waals surface area contributed by atoms with E-state index in [0.717, 1.165) is 47.2 Å². The molecule has 0 spiro atoms. The van der Waals surface area contributed by atoms with E-state index in [9.17, 15) is 4.39 Å². The van der Waals surface area contributed by atoms with Crippen molar-refractivity contribution in [3.8, 4) is 11.8 Å². The van der Waals surface area contributed by atoms with Gasteiger partial charge in [0.05, 0.1) is 23.3 Å². The molecule has 3 aromatic heterocycles. The summed E-state index contributed by atoms with van der Waals surface area (Å²) in [5, 5.41) is 1.61. The SMILES string of the molecule is CCc1cc(F)cc2c1[nH]c1nc(Oc3cnc(C)nc3)nc(N3CC4CC(N)[C@H]4C3)c12. The maximum Gasteiger partial charge on any atom is 0.326 e. The summed E-state index contributed by atoms with van der Waals surface area (Å²) in [5.41, 5.74) is 8.65. The van der Waals surface area contributed by atoms with E-state index in [2.05, 4.69) is 24.8 Å². The number of nitrogens with one attached hydrogen (secondary N) is 1. The van der Waals surface area contributed by atoms with E-state index >= 15 is 0 Å². The van der Waals surface area contributed by atoms with Crippen LogP contribution in [-0.4, -0.2) is 44.1 Å². The number of hydrogen-bond acceptors (Lipinski definition) is 7. The van der Waals surface area contributed by atoms with Gasteiger partial charge < -0.3 is 20.4 Å². The topological polar surface area (TPSA) is 106 Å². The molecule has 164 valence electrons. The number of aryl methyl sites for hydroxylation is 2. The third-order valence-corrected chi connectivity index (χ3v) is 6.83. The van der Waals surface area contributed by atoms with Crippen molar-refractivity contribution in [1.82, 2.24) is 24.9 Å². The van der Waals surface area contributed by atoms with Crippen LogP contribution in [0.5, 0.6) is 11.8 Å². The van der Waals surface area contributed by atoms with E-state index < -0.39 is 0 Å². The third-order valence-electron chi connectivity index (χ3n) is 6.83. The number of aromatic nitrogens is 5. The van der Waals surface area contributed by atoms with Gasteiger partial charge in [-0.25, -0.2) is 14.4 Å². The van der Waals surface area contributed by atoms with Crippen LogP contribution < -0.4 is 15.4 Å². The molecule has 1 aliphatic heterocycles. The fourth-order valence-corrected chi connectivity index (χ4v) is 5.12. The summed E-state index contributed by atoms with van der Waals surface area (Å²) in [7, 11) is 0. The number of halogens is 1. The molecule has 4 aromatic rings. The van der Waals surface area contributed by atoms with Gasteiger partial charge in [-0.2, -0.15) is 9.97 Å². The molecule has 4 heterocycles. The van der Waals surface area contributed by atoms with Crippen molar-refractivity contribution in [3.63, 3.8) is 0 Å². The molecule has 2 unspecified atom stereocenters. The molecule has 1 saturated heterocycles. The fourth-order valence-electron chi connectivity index (χ4n) is 5.12. The second-order valence-electron chi connectivity index (χ2n) is 8.82. The number of anilines is 1. The normalized spacial score (nSPS) is 22.4. The second kappa shape index (κ2) is 7.09. The molecule has 2 aliphatic rings. The standard InChI is InChI=1S/C23H24FN7O/c1-3-12-4-14(24)6-16-19-21(28-20(12)16)29-23(32-15-7-26-11(2)27-8-15)30-22(19)31-9-13-5-18(25)17(13)10-31/h4,6-8,13,17-18H,3,5,9-10,25H2,1-2H3,(H,28,29,30)/t13?,17-,18?/m0/s1. The number of fused-ring (bicyclic) bond motifs is 4. The first-order valence-electron chi connectivity index (χ1n) is 11.0. The highest BCUT2D eigenvalue weighted by molar-refractivity contribution is 6.12. The first-order valence-corrected chi connectivity index (χ1v) is 11.0. The van der Waals surface area contributed by atoms with Crippen LogP contribution in [-0.2, 0) is 6.42 Å². The average molecular weight is 433 g/mol. The summed E-state index contributed by atoms with van der Waals surface area (Å²) in [4.78, 5) is 23.4. The Hall–Kier alpha value is -3.33. The molecule has 2 fully saturated rings. The summed E-state index contributed by atoms with van der Waals surface area (Å²) in [5.74, 6) is 2.63. The van der Waals surface area contributed by atoms with Crippen LogP contribution in [0.15, 0.2) is 24.5 Å². The van der Waals surface area contributed by atoms with Gasteiger partial charge in [-0.1, -0.05) is 6.92 Å². The number of H-pyrrole nitrogens is 1. The second-order valence-corrected chi connectivity index (χ2v) is 8.82. The number of nitrogens with zero attached hydrogens (tertiary/aromatic N) is 5. The van der Waals surface area contributed by atoms with E-state index in [1.807, 2.05) is 13.8 Å². The molecule has 8 nitrogen and oxygen atoms in total. The van der Waals surface area contributed by atoms with Crippen LogP contribution in [0, 0.1) is 24.6 Å². The van der Waals surface area contributed by atoms with Crippen LogP contribution >= 0.6 is 0 Å². The van der Waals surface area contributed by atoms with Crippen molar-refractivity contribution < 1.29 is 9.13 Å². The average Bonchev–Trinajstić information content (AvgIpc) is 3.31. The highest BCUT2D eigenvalue weighted by Crippen LogP contribution is 2.44. The van der Waals surface area contributed by atoms with Crippen molar-refractivity contribution in [3.05, 3.63) is 41.7 Å². The van der Waals surface area contributed by atoms with Crippen molar-refractivity contribution in [1.29, 1.82) is 0 Å². The van der Waals surface area contributed by atoms with E-state index in [1.54, 1.807) is 24.5 Å². The van der Waals surface area contributed by atoms with E-state index in [-0.39, 0.29) is 17.9 Å². The van der Waals surface area contributed by atoms with Gasteiger partial charge in [-0.15, -0.1) is 0 Å². The van der Waals surface area contributed by atoms with Crippen molar-refractivity contribution in [2.45, 2.75) is 32.7 Å². The summed E-state index contributed by atoms with van der Waals surface area (Å²) in [6, 6.07) is 3.56. The quantitative estimate of drug-likeness (QED) is 0.507. The highest BCUT2D eigenvalue weighted by Gasteiger charge is 2.46. The zero-order chi connectivity index (χ0) is 22.0. The summed E-state index contributed by atoms with van der Waals surface area (Å²) < 4.78 is 20.4. The molecule has 3 N–H and O–H groups in total. The van der Waals surface area contributed by atoms with E-state index in [4.69, 9.17) is 15.5 Å². The molecule has 0 amide bonds. The number of benzene rings is 1. The van der Waals surface area contributed by atoms with Gasteiger partial charge >= 0.3 is 6.01 Å². The molecule has 1 aliphatic carbocycles. The lowest BCUT2D eigenvalue weighted by molar-refractivity contribution is 0.194. The van der Waals surface area contributed by atoms with Crippen LogP contribution in [0.2, 0.25) is 0 Å². The fraction of sp³-hybridized carbons (Fsp3) is 0.391. The minimum Gasteiger partial charge on any atom is -0.421 e. The zero-order valence-corrected chi connectivity index (χ0v) is 18.0. The largest absolute Gasteiger partial charge is 0.421 e. The van der Waals surface area contributed by atoms with Crippen LogP contribution in [0.4, 0.5) is 10.2 Å². The molecule has 32 heavy (non-hydrogen) atoms. The maximum atomic E-state index is 14.5. The summed E-state index contributed by atoms with van der Waals surface area (Å²) >= 11 is 0. The Bertz CT molecular complexity index is 1340. The maximum absolute atomic E-state index is 14.5. The van der Waals surface area contributed by atoms with Crippen molar-refractivity contribution in [2.24, 2.45) is 17.6 Å². The van der Waals surface area contributed by atoms with Gasteiger partial charge in [0, 0.05) is 24.5 Å². The lowest BCUT2D eigenvalue weighted by atomic mass is 9.72. The Morgan fingerprint density at radius 1 is 1.22 bits per heavy atom. The van der Waals surface area contributed by atoms with E-state index in [1.165, 1.54) is 0 Å². The Morgan fingerprint density at radius 3 is 2.75 bits per heavy atom. The van der Waals surface area contributed by atoms with Crippen molar-refractivity contribution >= 4 is 27.8 Å². The molecular weight excluding hydrogens is 409 g/mol. The predicted molar refractivity (Wildman–Crippen MR) is 119 cm³/mol. The van der Waals surface area contributed by atoms with Gasteiger partial charge in [0.2, 0.25) is 0 Å². The number of hydrogen-bond donors (Lipinski definition) is 2. The molecule has 0 bridgehead atoms. The predicted octanol–water partition coefficient (Wildman–Crippen LogP) is 3.49. The smallest absolute Gasteiger partial charge is 0.326 e. The molecule has 0 radical (unpaired) electrons. The Morgan fingerprint density at radius 2 is 2.03 bits per heavy atom. The molecule has 9 heteroatoms. The summed E-state index contributed by atoms with van der Waals surface area (Å²) in [6.45, 7) is 5.53. The lowest BCUT2D eigenvalue weighted by Gasteiger charge is -2.36. The molecule has 1 saturated carbocycles. The first kappa shape index (κ1) is 19.4. The van der Waals surface area contributed by atoms with Crippen molar-refractivity contribution in [2.75, 3.05) is 18.0 Å². The van der Waals surface area contributed by atoms with Crippen LogP contribution in [0.1, 0.15) is 24.7 Å². The zero-order valence-electron chi connectivity index (χ0n) is 18.0. The lowest BCUT2D eigenvalue weighted by Crippen LogP contribution is -2.46. The number of aromatic amines is 1.